The fraction of sp³-hybridized carbons (Fsp3) is 0.462. The number of hydrogen-bond donors (Lipinski definition) is 1. The van der Waals surface area contributed by atoms with Gasteiger partial charge in [-0.25, -0.2) is 0 Å². The van der Waals surface area contributed by atoms with Gasteiger partial charge in [-0.05, 0) is 36.6 Å². The molecule has 3 nitrogen and oxygen atoms in total. The van der Waals surface area contributed by atoms with Crippen molar-refractivity contribution < 1.29 is 0 Å². The van der Waals surface area contributed by atoms with Crippen molar-refractivity contribution in [1.82, 2.24) is 9.69 Å². The molecule has 1 N–H and O–H groups in total. The van der Waals surface area contributed by atoms with Gasteiger partial charge in [-0.2, -0.15) is 4.37 Å². The second kappa shape index (κ2) is 5.98. The molecular formula is C13H19N3S. The Hall–Kier alpha value is -1.13. The van der Waals surface area contributed by atoms with E-state index in [-0.39, 0.29) is 0 Å². The predicted octanol–water partition coefficient (Wildman–Crippen LogP) is 2.73. The van der Waals surface area contributed by atoms with Gasteiger partial charge in [0.05, 0.1) is 5.52 Å². The summed E-state index contributed by atoms with van der Waals surface area (Å²) < 4.78 is 4.46. The van der Waals surface area contributed by atoms with Gasteiger partial charge in [0.1, 0.15) is 5.00 Å². The van der Waals surface area contributed by atoms with Crippen LogP contribution in [0.5, 0.6) is 0 Å². The van der Waals surface area contributed by atoms with Crippen molar-refractivity contribution in [2.24, 2.45) is 0 Å². The van der Waals surface area contributed by atoms with Gasteiger partial charge in [0.15, 0.2) is 0 Å². The molecule has 1 heterocycles. The summed E-state index contributed by atoms with van der Waals surface area (Å²) in [4.78, 5) is 2.28. The van der Waals surface area contributed by atoms with Crippen LogP contribution in [-0.2, 0) is 0 Å². The molecule has 2 rings (SSSR count). The van der Waals surface area contributed by atoms with Crippen LogP contribution in [-0.4, -0.2) is 31.1 Å². The number of hydrogen-bond acceptors (Lipinski definition) is 4. The largest absolute Gasteiger partial charge is 0.363 e. The number of nitrogens with one attached hydrogen (secondary N) is 1. The fourth-order valence-corrected chi connectivity index (χ4v) is 2.65. The van der Waals surface area contributed by atoms with Gasteiger partial charge in [-0.15, -0.1) is 0 Å². The van der Waals surface area contributed by atoms with Crippen molar-refractivity contribution >= 4 is 27.4 Å². The van der Waals surface area contributed by atoms with E-state index in [4.69, 9.17) is 0 Å². The Bertz CT molecular complexity index is 466. The van der Waals surface area contributed by atoms with E-state index in [0.29, 0.717) is 0 Å². The van der Waals surface area contributed by atoms with Crippen LogP contribution in [0.4, 0.5) is 5.00 Å². The molecule has 0 saturated carbocycles. The highest BCUT2D eigenvalue weighted by Gasteiger charge is 2.08. The number of benzene rings is 1. The summed E-state index contributed by atoms with van der Waals surface area (Å²) in [6.45, 7) is 5.33. The Morgan fingerprint density at radius 2 is 2.12 bits per heavy atom. The minimum atomic E-state index is 1.02. The van der Waals surface area contributed by atoms with Crippen LogP contribution in [0.2, 0.25) is 0 Å². The summed E-state index contributed by atoms with van der Waals surface area (Å²) >= 11 is 1.58. The lowest BCUT2D eigenvalue weighted by atomic mass is 10.2. The van der Waals surface area contributed by atoms with Crippen LogP contribution in [0.1, 0.15) is 13.3 Å². The van der Waals surface area contributed by atoms with Gasteiger partial charge in [0.2, 0.25) is 0 Å². The van der Waals surface area contributed by atoms with Crippen LogP contribution < -0.4 is 10.2 Å². The summed E-state index contributed by atoms with van der Waals surface area (Å²) in [7, 11) is 2.13. The monoisotopic (exact) mass is 249 g/mol. The second-order valence-corrected chi connectivity index (χ2v) is 4.93. The van der Waals surface area contributed by atoms with Crippen LogP contribution in [0.3, 0.4) is 0 Å². The molecule has 17 heavy (non-hydrogen) atoms. The molecule has 0 bridgehead atoms. The van der Waals surface area contributed by atoms with Crippen molar-refractivity contribution in [2.75, 3.05) is 31.6 Å². The third kappa shape index (κ3) is 2.96. The molecule has 0 radical (unpaired) electrons. The third-order valence-electron chi connectivity index (χ3n) is 2.76. The quantitative estimate of drug-likeness (QED) is 0.798. The van der Waals surface area contributed by atoms with Gasteiger partial charge in [0, 0.05) is 25.5 Å². The summed E-state index contributed by atoms with van der Waals surface area (Å²) in [5, 5.41) is 5.94. The lowest BCUT2D eigenvalue weighted by Crippen LogP contribution is -2.29. The van der Waals surface area contributed by atoms with E-state index in [1.807, 2.05) is 6.07 Å². The molecule has 2 aromatic rings. The molecule has 0 atom stereocenters. The molecule has 0 aliphatic heterocycles. The molecule has 92 valence electrons. The highest BCUT2D eigenvalue weighted by molar-refractivity contribution is 7.11. The van der Waals surface area contributed by atoms with E-state index in [9.17, 15) is 0 Å². The minimum Gasteiger partial charge on any atom is -0.363 e. The molecule has 0 aliphatic carbocycles. The van der Waals surface area contributed by atoms with Crippen molar-refractivity contribution in [3.8, 4) is 0 Å². The summed E-state index contributed by atoms with van der Waals surface area (Å²) in [5.41, 5.74) is 1.10. The van der Waals surface area contributed by atoms with Crippen molar-refractivity contribution in [3.63, 3.8) is 0 Å². The van der Waals surface area contributed by atoms with Crippen molar-refractivity contribution in [3.05, 3.63) is 24.3 Å². The molecule has 4 heteroatoms. The SMILES string of the molecule is CCCNCCN(C)c1snc2ccccc12. The first-order valence-corrected chi connectivity index (χ1v) is 6.86. The lowest BCUT2D eigenvalue weighted by molar-refractivity contribution is 0.667. The first kappa shape index (κ1) is 12.3. The predicted molar refractivity (Wildman–Crippen MR) is 76.1 cm³/mol. The number of rotatable bonds is 6. The number of likely N-dealkylation sites (N-methyl/N-ethyl adjacent to an activating group) is 1. The Morgan fingerprint density at radius 3 is 2.94 bits per heavy atom. The van der Waals surface area contributed by atoms with Crippen LogP contribution in [0, 0.1) is 0 Å². The number of aromatic nitrogens is 1. The van der Waals surface area contributed by atoms with Gasteiger partial charge in [-0.1, -0.05) is 19.1 Å². The summed E-state index contributed by atoms with van der Waals surface area (Å²) in [5.74, 6) is 0. The molecule has 0 spiro atoms. The smallest absolute Gasteiger partial charge is 0.119 e. The third-order valence-corrected chi connectivity index (χ3v) is 3.75. The molecule has 0 unspecified atom stereocenters. The average molecular weight is 249 g/mol. The Kier molecular flexibility index (Phi) is 4.34. The van der Waals surface area contributed by atoms with Crippen LogP contribution in [0.25, 0.3) is 10.9 Å². The van der Waals surface area contributed by atoms with E-state index in [0.717, 1.165) is 25.2 Å². The lowest BCUT2D eigenvalue weighted by Gasteiger charge is -2.17. The molecule has 0 fully saturated rings. The van der Waals surface area contributed by atoms with Crippen molar-refractivity contribution in [2.45, 2.75) is 13.3 Å². The zero-order valence-corrected chi connectivity index (χ0v) is 11.3. The van der Waals surface area contributed by atoms with E-state index < -0.39 is 0 Å². The Balaban J connectivity index is 2.01. The minimum absolute atomic E-state index is 1.02. The first-order chi connectivity index (χ1) is 8.33. The molecule has 0 saturated heterocycles. The van der Waals surface area contributed by atoms with E-state index >= 15 is 0 Å². The molecule has 0 aliphatic rings. The summed E-state index contributed by atoms with van der Waals surface area (Å²) in [6, 6.07) is 8.32. The normalized spacial score (nSPS) is 10.9. The Morgan fingerprint density at radius 1 is 1.29 bits per heavy atom. The molecule has 1 aromatic heterocycles. The second-order valence-electron chi connectivity index (χ2n) is 4.18. The van der Waals surface area contributed by atoms with E-state index in [1.54, 1.807) is 11.5 Å². The molecule has 0 amide bonds. The van der Waals surface area contributed by atoms with Crippen LogP contribution in [0.15, 0.2) is 24.3 Å². The van der Waals surface area contributed by atoms with Gasteiger partial charge in [0.25, 0.3) is 0 Å². The number of fused-ring (bicyclic) bond motifs is 1. The van der Waals surface area contributed by atoms with Crippen LogP contribution >= 0.6 is 11.5 Å². The van der Waals surface area contributed by atoms with Gasteiger partial charge < -0.3 is 10.2 Å². The standard InChI is InChI=1S/C13H19N3S/c1-3-8-14-9-10-16(2)13-11-6-4-5-7-12(11)15-17-13/h4-7,14H,3,8-10H2,1-2H3. The fourth-order valence-electron chi connectivity index (χ4n) is 1.80. The maximum atomic E-state index is 4.46. The zero-order chi connectivity index (χ0) is 12.1. The first-order valence-electron chi connectivity index (χ1n) is 6.09. The maximum Gasteiger partial charge on any atom is 0.119 e. The number of anilines is 1. The maximum absolute atomic E-state index is 4.46. The highest BCUT2D eigenvalue weighted by Crippen LogP contribution is 2.29. The molecule has 1 aromatic carbocycles. The van der Waals surface area contributed by atoms with Gasteiger partial charge in [-0.3, -0.25) is 0 Å². The highest BCUT2D eigenvalue weighted by atomic mass is 32.1. The topological polar surface area (TPSA) is 28.2 Å². The zero-order valence-electron chi connectivity index (χ0n) is 10.4. The van der Waals surface area contributed by atoms with E-state index in [2.05, 4.69) is 46.8 Å². The summed E-state index contributed by atoms with van der Waals surface area (Å²) in [6.07, 6.45) is 1.19. The Labute approximate surface area is 107 Å². The molecular weight excluding hydrogens is 230 g/mol. The number of nitrogens with zero attached hydrogens (tertiary/aromatic N) is 2. The van der Waals surface area contributed by atoms with Crippen molar-refractivity contribution in [1.29, 1.82) is 0 Å². The van der Waals surface area contributed by atoms with Gasteiger partial charge >= 0.3 is 0 Å². The average Bonchev–Trinajstić information content (AvgIpc) is 2.78. The van der Waals surface area contributed by atoms with E-state index in [1.165, 1.54) is 16.8 Å².